The molecule has 1 heterocycles. The van der Waals surface area contributed by atoms with Gasteiger partial charge in [-0.05, 0) is 31.1 Å². The van der Waals surface area contributed by atoms with E-state index in [0.717, 1.165) is 32.4 Å². The maximum atomic E-state index is 12.2. The fraction of sp³-hybridized carbons (Fsp3) is 0.846. The van der Waals surface area contributed by atoms with E-state index in [9.17, 15) is 9.59 Å². The van der Waals surface area contributed by atoms with Gasteiger partial charge in [-0.2, -0.15) is 0 Å². The number of carboxylic acid groups (broad SMARTS) is 1. The van der Waals surface area contributed by atoms with Crippen molar-refractivity contribution in [3.63, 3.8) is 0 Å². The van der Waals surface area contributed by atoms with Gasteiger partial charge in [-0.15, -0.1) is 0 Å². The lowest BCUT2D eigenvalue weighted by Gasteiger charge is -2.39. The van der Waals surface area contributed by atoms with Gasteiger partial charge in [-0.25, -0.2) is 0 Å². The fourth-order valence-corrected chi connectivity index (χ4v) is 2.55. The third-order valence-corrected chi connectivity index (χ3v) is 4.68. The van der Waals surface area contributed by atoms with Gasteiger partial charge in [0, 0.05) is 13.1 Å². The van der Waals surface area contributed by atoms with Crippen LogP contribution in [0.3, 0.4) is 0 Å². The number of hydrogen-bond acceptors (Lipinski definition) is 2. The highest BCUT2D eigenvalue weighted by Crippen LogP contribution is 2.48. The summed E-state index contributed by atoms with van der Waals surface area (Å²) in [5.74, 6) is -1.09. The minimum absolute atomic E-state index is 0.150. The van der Waals surface area contributed by atoms with Crippen LogP contribution in [-0.2, 0) is 9.59 Å². The zero-order chi connectivity index (χ0) is 12.7. The molecule has 2 fully saturated rings. The molecule has 2 rings (SSSR count). The van der Waals surface area contributed by atoms with Crippen LogP contribution in [0.5, 0.6) is 0 Å². The van der Waals surface area contributed by atoms with Crippen molar-refractivity contribution in [3.05, 3.63) is 0 Å². The van der Waals surface area contributed by atoms with Gasteiger partial charge in [0.05, 0.1) is 0 Å². The molecule has 0 aromatic rings. The van der Waals surface area contributed by atoms with Gasteiger partial charge in [0.25, 0.3) is 0 Å². The van der Waals surface area contributed by atoms with Crippen LogP contribution in [0.2, 0.25) is 0 Å². The topological polar surface area (TPSA) is 57.6 Å². The van der Waals surface area contributed by atoms with Gasteiger partial charge >= 0.3 is 5.97 Å². The molecular formula is C13H21NO3. The monoisotopic (exact) mass is 239 g/mol. The summed E-state index contributed by atoms with van der Waals surface area (Å²) >= 11 is 0. The minimum Gasteiger partial charge on any atom is -0.480 e. The number of likely N-dealkylation sites (tertiary alicyclic amines) is 1. The summed E-state index contributed by atoms with van der Waals surface area (Å²) in [6, 6.07) is 0. The Morgan fingerprint density at radius 1 is 1.18 bits per heavy atom. The predicted molar refractivity (Wildman–Crippen MR) is 63.5 cm³/mol. The highest BCUT2D eigenvalue weighted by molar-refractivity contribution is 6.04. The van der Waals surface area contributed by atoms with Gasteiger partial charge in [0.2, 0.25) is 5.91 Å². The van der Waals surface area contributed by atoms with Crippen molar-refractivity contribution >= 4 is 11.9 Å². The molecule has 0 aromatic carbocycles. The Bertz CT molecular complexity index is 339. The molecule has 0 atom stereocenters. The number of carbonyl (C=O) groups excluding carboxylic acids is 1. The highest BCUT2D eigenvalue weighted by atomic mass is 16.4. The van der Waals surface area contributed by atoms with Crippen molar-refractivity contribution in [2.24, 2.45) is 10.8 Å². The standard InChI is InChI=1S/C13H21NO3/c1-3-12(2)6-8-14(9-7-12)10(15)13(4-5-13)11(16)17/h3-9H2,1-2H3,(H,16,17). The molecule has 96 valence electrons. The molecule has 17 heavy (non-hydrogen) atoms. The Morgan fingerprint density at radius 3 is 2.06 bits per heavy atom. The zero-order valence-corrected chi connectivity index (χ0v) is 10.7. The van der Waals surface area contributed by atoms with Crippen molar-refractivity contribution in [1.82, 2.24) is 4.90 Å². The van der Waals surface area contributed by atoms with Gasteiger partial charge in [0.1, 0.15) is 5.41 Å². The Kier molecular flexibility index (Phi) is 2.92. The third-order valence-electron chi connectivity index (χ3n) is 4.68. The summed E-state index contributed by atoms with van der Waals surface area (Å²) in [5, 5.41) is 9.11. The Labute approximate surface area is 102 Å². The van der Waals surface area contributed by atoms with Crippen LogP contribution in [0.15, 0.2) is 0 Å². The lowest BCUT2D eigenvalue weighted by atomic mass is 9.78. The predicted octanol–water partition coefficient (Wildman–Crippen LogP) is 1.89. The molecular weight excluding hydrogens is 218 g/mol. The van der Waals surface area contributed by atoms with Crippen LogP contribution in [0, 0.1) is 10.8 Å². The van der Waals surface area contributed by atoms with E-state index in [0.29, 0.717) is 18.3 Å². The summed E-state index contributed by atoms with van der Waals surface area (Å²) in [4.78, 5) is 25.0. The van der Waals surface area contributed by atoms with E-state index in [4.69, 9.17) is 5.11 Å². The molecule has 0 unspecified atom stereocenters. The molecule has 0 aromatic heterocycles. The number of nitrogens with zero attached hydrogens (tertiary/aromatic N) is 1. The zero-order valence-electron chi connectivity index (χ0n) is 10.7. The molecule has 2 aliphatic rings. The van der Waals surface area contributed by atoms with Crippen LogP contribution in [0.1, 0.15) is 46.0 Å². The SMILES string of the molecule is CCC1(C)CCN(C(=O)C2(C(=O)O)CC2)CC1. The average molecular weight is 239 g/mol. The first-order valence-electron chi connectivity index (χ1n) is 6.46. The summed E-state index contributed by atoms with van der Waals surface area (Å²) in [6.45, 7) is 5.87. The molecule has 0 bridgehead atoms. The number of hydrogen-bond donors (Lipinski definition) is 1. The number of rotatable bonds is 3. The molecule has 1 amide bonds. The van der Waals surface area contributed by atoms with E-state index < -0.39 is 11.4 Å². The smallest absolute Gasteiger partial charge is 0.319 e. The van der Waals surface area contributed by atoms with Crippen LogP contribution in [0.4, 0.5) is 0 Å². The van der Waals surface area contributed by atoms with Gasteiger partial charge in [-0.1, -0.05) is 20.3 Å². The Balaban J connectivity index is 1.98. The van der Waals surface area contributed by atoms with Crippen LogP contribution < -0.4 is 0 Å². The fourth-order valence-electron chi connectivity index (χ4n) is 2.55. The first kappa shape index (κ1) is 12.4. The number of piperidine rings is 1. The summed E-state index contributed by atoms with van der Waals surface area (Å²) in [7, 11) is 0. The van der Waals surface area contributed by atoms with E-state index in [2.05, 4.69) is 13.8 Å². The minimum atomic E-state index is -1.06. The Hall–Kier alpha value is -1.06. The van der Waals surface area contributed by atoms with Crippen molar-refractivity contribution in [1.29, 1.82) is 0 Å². The van der Waals surface area contributed by atoms with E-state index in [1.165, 1.54) is 0 Å². The number of aliphatic carboxylic acids is 1. The van der Waals surface area contributed by atoms with E-state index in [1.54, 1.807) is 4.90 Å². The maximum absolute atomic E-state index is 12.2. The lowest BCUT2D eigenvalue weighted by Crippen LogP contribution is -2.47. The third kappa shape index (κ3) is 2.05. The second-order valence-corrected chi connectivity index (χ2v) is 5.84. The quantitative estimate of drug-likeness (QED) is 0.765. The second kappa shape index (κ2) is 4.00. The van der Waals surface area contributed by atoms with Gasteiger partial charge < -0.3 is 10.0 Å². The van der Waals surface area contributed by atoms with Crippen LogP contribution in [0.25, 0.3) is 0 Å². The molecule has 1 saturated heterocycles. The second-order valence-electron chi connectivity index (χ2n) is 5.84. The maximum Gasteiger partial charge on any atom is 0.319 e. The van der Waals surface area contributed by atoms with Crippen molar-refractivity contribution in [2.45, 2.75) is 46.0 Å². The number of amides is 1. The Morgan fingerprint density at radius 2 is 1.71 bits per heavy atom. The van der Waals surface area contributed by atoms with Crippen LogP contribution >= 0.6 is 0 Å². The van der Waals surface area contributed by atoms with Crippen molar-refractivity contribution in [3.8, 4) is 0 Å². The van der Waals surface area contributed by atoms with Crippen molar-refractivity contribution < 1.29 is 14.7 Å². The largest absolute Gasteiger partial charge is 0.480 e. The summed E-state index contributed by atoms with van der Waals surface area (Å²) < 4.78 is 0. The van der Waals surface area contributed by atoms with E-state index in [1.807, 2.05) is 0 Å². The average Bonchev–Trinajstić information content (AvgIpc) is 3.10. The highest BCUT2D eigenvalue weighted by Gasteiger charge is 2.58. The number of carbonyl (C=O) groups is 2. The summed E-state index contributed by atoms with van der Waals surface area (Å²) in [5.41, 5.74) is -0.726. The molecule has 4 nitrogen and oxygen atoms in total. The molecule has 0 spiro atoms. The summed E-state index contributed by atoms with van der Waals surface area (Å²) in [6.07, 6.45) is 4.14. The molecule has 1 N–H and O–H groups in total. The molecule has 0 radical (unpaired) electrons. The first-order chi connectivity index (χ1) is 7.93. The van der Waals surface area contributed by atoms with Gasteiger partial charge in [0.15, 0.2) is 0 Å². The van der Waals surface area contributed by atoms with E-state index >= 15 is 0 Å². The van der Waals surface area contributed by atoms with E-state index in [-0.39, 0.29) is 5.91 Å². The number of carboxylic acids is 1. The molecule has 1 saturated carbocycles. The molecule has 4 heteroatoms. The molecule has 1 aliphatic heterocycles. The first-order valence-corrected chi connectivity index (χ1v) is 6.46. The molecule has 1 aliphatic carbocycles. The van der Waals surface area contributed by atoms with Gasteiger partial charge in [-0.3, -0.25) is 9.59 Å². The van der Waals surface area contributed by atoms with Crippen molar-refractivity contribution in [2.75, 3.05) is 13.1 Å². The normalized spacial score (nSPS) is 25.4. The van der Waals surface area contributed by atoms with Crippen LogP contribution in [-0.4, -0.2) is 35.0 Å². The lowest BCUT2D eigenvalue weighted by molar-refractivity contribution is -0.154.